The SMILES string of the molecule is NC(=O)CC(NC(=O)C1CCC(=O)N1)C(=O)N1CCCC1C(=O)NC1CCC(C(F)(F)F)CC1. The van der Waals surface area contributed by atoms with Crippen LogP contribution in [-0.4, -0.2) is 71.3 Å². The summed E-state index contributed by atoms with van der Waals surface area (Å²) >= 11 is 0. The zero-order valence-electron chi connectivity index (χ0n) is 18.7. The second-order valence-electron chi connectivity index (χ2n) is 9.18. The lowest BCUT2D eigenvalue weighted by molar-refractivity contribution is -0.182. The smallest absolute Gasteiger partial charge is 0.370 e. The van der Waals surface area contributed by atoms with Crippen LogP contribution in [0.2, 0.25) is 0 Å². The van der Waals surface area contributed by atoms with Gasteiger partial charge in [0.25, 0.3) is 0 Å². The minimum absolute atomic E-state index is 0.0633. The van der Waals surface area contributed by atoms with E-state index in [1.54, 1.807) is 0 Å². The van der Waals surface area contributed by atoms with E-state index in [0.717, 1.165) is 0 Å². The molecule has 2 aliphatic heterocycles. The van der Waals surface area contributed by atoms with E-state index in [1.165, 1.54) is 4.90 Å². The van der Waals surface area contributed by atoms with Crippen molar-refractivity contribution in [3.05, 3.63) is 0 Å². The quantitative estimate of drug-likeness (QED) is 0.392. The molecule has 3 aliphatic rings. The Morgan fingerprint density at radius 1 is 1.06 bits per heavy atom. The molecule has 0 bridgehead atoms. The molecule has 5 amide bonds. The first-order chi connectivity index (χ1) is 16.0. The fourth-order valence-electron chi connectivity index (χ4n) is 4.85. The van der Waals surface area contributed by atoms with Gasteiger partial charge in [0.2, 0.25) is 29.5 Å². The summed E-state index contributed by atoms with van der Waals surface area (Å²) in [6, 6.07) is -3.37. The highest BCUT2D eigenvalue weighted by atomic mass is 19.4. The van der Waals surface area contributed by atoms with Gasteiger partial charge in [0, 0.05) is 19.0 Å². The third kappa shape index (κ3) is 6.38. The fourth-order valence-corrected chi connectivity index (χ4v) is 4.85. The minimum Gasteiger partial charge on any atom is -0.370 e. The Labute approximate surface area is 194 Å². The molecule has 3 atom stereocenters. The summed E-state index contributed by atoms with van der Waals surface area (Å²) in [6.07, 6.45) is -3.15. The van der Waals surface area contributed by atoms with Crippen molar-refractivity contribution < 1.29 is 37.1 Å². The average Bonchev–Trinajstić information content (AvgIpc) is 3.41. The summed E-state index contributed by atoms with van der Waals surface area (Å²) in [5.41, 5.74) is 5.25. The zero-order valence-corrected chi connectivity index (χ0v) is 18.7. The van der Waals surface area contributed by atoms with Gasteiger partial charge in [0.05, 0.1) is 12.3 Å². The molecule has 2 saturated heterocycles. The molecule has 3 unspecified atom stereocenters. The summed E-state index contributed by atoms with van der Waals surface area (Å²) in [6.45, 7) is 0.225. The predicted octanol–water partition coefficient (Wildman–Crippen LogP) is -0.146. The maximum atomic E-state index is 13.2. The summed E-state index contributed by atoms with van der Waals surface area (Å²) < 4.78 is 38.6. The molecule has 190 valence electrons. The molecule has 0 aromatic heterocycles. The number of carbonyl (C=O) groups is 5. The van der Waals surface area contributed by atoms with Gasteiger partial charge in [0.1, 0.15) is 18.1 Å². The molecule has 0 aromatic rings. The van der Waals surface area contributed by atoms with Gasteiger partial charge in [-0.25, -0.2) is 0 Å². The summed E-state index contributed by atoms with van der Waals surface area (Å²) in [7, 11) is 0. The van der Waals surface area contributed by atoms with Crippen LogP contribution < -0.4 is 21.7 Å². The normalized spacial score (nSPS) is 28.2. The maximum Gasteiger partial charge on any atom is 0.391 e. The minimum atomic E-state index is -4.25. The first-order valence-electron chi connectivity index (χ1n) is 11.5. The van der Waals surface area contributed by atoms with Crippen molar-refractivity contribution in [1.29, 1.82) is 0 Å². The summed E-state index contributed by atoms with van der Waals surface area (Å²) in [5, 5.41) is 7.70. The standard InChI is InChI=1S/C21H30F3N5O5/c22-21(23,24)11-3-5-12(6-4-11)26-19(33)15-2-1-9-29(15)20(34)14(10-16(25)30)28-18(32)13-7-8-17(31)27-13/h11-15H,1-10H2,(H2,25,30)(H,26,33)(H,27,31)(H,28,32). The van der Waals surface area contributed by atoms with Crippen LogP contribution in [-0.2, 0) is 24.0 Å². The molecule has 1 aliphatic carbocycles. The molecular formula is C21H30F3N5O5. The van der Waals surface area contributed by atoms with Crippen LogP contribution in [0, 0.1) is 5.92 Å². The monoisotopic (exact) mass is 489 g/mol. The molecule has 0 aromatic carbocycles. The number of amides is 5. The van der Waals surface area contributed by atoms with Gasteiger partial charge in [-0.2, -0.15) is 13.2 Å². The molecular weight excluding hydrogens is 459 g/mol. The average molecular weight is 489 g/mol. The van der Waals surface area contributed by atoms with Crippen LogP contribution in [0.25, 0.3) is 0 Å². The number of carbonyl (C=O) groups excluding carboxylic acids is 5. The zero-order chi connectivity index (χ0) is 25.0. The molecule has 3 rings (SSSR count). The number of hydrogen-bond donors (Lipinski definition) is 4. The van der Waals surface area contributed by atoms with Crippen LogP contribution in [0.3, 0.4) is 0 Å². The van der Waals surface area contributed by atoms with Crippen LogP contribution in [0.15, 0.2) is 0 Å². The molecule has 2 heterocycles. The third-order valence-corrected chi connectivity index (χ3v) is 6.71. The second-order valence-corrected chi connectivity index (χ2v) is 9.18. The molecule has 3 fully saturated rings. The van der Waals surface area contributed by atoms with Crippen molar-refractivity contribution >= 4 is 29.5 Å². The number of nitrogens with two attached hydrogens (primary N) is 1. The highest BCUT2D eigenvalue weighted by Gasteiger charge is 2.43. The molecule has 1 saturated carbocycles. The Morgan fingerprint density at radius 2 is 1.74 bits per heavy atom. The van der Waals surface area contributed by atoms with Gasteiger partial charge in [-0.05, 0) is 44.9 Å². The van der Waals surface area contributed by atoms with Crippen molar-refractivity contribution in [1.82, 2.24) is 20.9 Å². The molecule has 0 radical (unpaired) electrons. The number of hydrogen-bond acceptors (Lipinski definition) is 5. The van der Waals surface area contributed by atoms with Crippen LogP contribution in [0.1, 0.15) is 57.8 Å². The predicted molar refractivity (Wildman–Crippen MR) is 112 cm³/mol. The number of primary amides is 1. The summed E-state index contributed by atoms with van der Waals surface area (Å²) in [4.78, 5) is 62.7. The van der Waals surface area contributed by atoms with Crippen LogP contribution in [0.4, 0.5) is 13.2 Å². The lowest BCUT2D eigenvalue weighted by Crippen LogP contribution is -2.57. The lowest BCUT2D eigenvalue weighted by atomic mass is 9.85. The first kappa shape index (κ1) is 25.8. The Bertz CT molecular complexity index is 828. The van der Waals surface area contributed by atoms with E-state index < -0.39 is 66.3 Å². The van der Waals surface area contributed by atoms with Crippen molar-refractivity contribution in [2.75, 3.05) is 6.54 Å². The van der Waals surface area contributed by atoms with Crippen molar-refractivity contribution in [3.8, 4) is 0 Å². The molecule has 34 heavy (non-hydrogen) atoms. The fraction of sp³-hybridized carbons (Fsp3) is 0.762. The van der Waals surface area contributed by atoms with E-state index in [0.29, 0.717) is 12.8 Å². The van der Waals surface area contributed by atoms with Gasteiger partial charge in [0.15, 0.2) is 0 Å². The van der Waals surface area contributed by atoms with Gasteiger partial charge < -0.3 is 26.6 Å². The number of halogens is 3. The van der Waals surface area contributed by atoms with Crippen LogP contribution >= 0.6 is 0 Å². The van der Waals surface area contributed by atoms with E-state index in [9.17, 15) is 37.1 Å². The van der Waals surface area contributed by atoms with E-state index in [1.807, 2.05) is 0 Å². The maximum absolute atomic E-state index is 13.2. The van der Waals surface area contributed by atoms with Gasteiger partial charge in [-0.1, -0.05) is 0 Å². The molecule has 5 N–H and O–H groups in total. The van der Waals surface area contributed by atoms with E-state index in [2.05, 4.69) is 16.0 Å². The van der Waals surface area contributed by atoms with E-state index in [4.69, 9.17) is 5.73 Å². The van der Waals surface area contributed by atoms with Gasteiger partial charge in [-0.15, -0.1) is 0 Å². The Kier molecular flexibility index (Phi) is 8.03. The van der Waals surface area contributed by atoms with E-state index in [-0.39, 0.29) is 51.0 Å². The Balaban J connectivity index is 1.60. The molecule has 0 spiro atoms. The second kappa shape index (κ2) is 10.6. The number of nitrogens with one attached hydrogen (secondary N) is 3. The first-order valence-corrected chi connectivity index (χ1v) is 11.5. The largest absolute Gasteiger partial charge is 0.391 e. The van der Waals surface area contributed by atoms with Crippen molar-refractivity contribution in [3.63, 3.8) is 0 Å². The Morgan fingerprint density at radius 3 is 2.29 bits per heavy atom. The van der Waals surface area contributed by atoms with Gasteiger partial charge in [-0.3, -0.25) is 24.0 Å². The molecule has 13 heteroatoms. The lowest BCUT2D eigenvalue weighted by Gasteiger charge is -2.33. The highest BCUT2D eigenvalue weighted by Crippen LogP contribution is 2.37. The van der Waals surface area contributed by atoms with Crippen molar-refractivity contribution in [2.45, 2.75) is 88.1 Å². The number of nitrogens with zero attached hydrogens (tertiary/aromatic N) is 1. The van der Waals surface area contributed by atoms with Crippen LogP contribution in [0.5, 0.6) is 0 Å². The van der Waals surface area contributed by atoms with Gasteiger partial charge >= 0.3 is 6.18 Å². The number of rotatable bonds is 7. The summed E-state index contributed by atoms with van der Waals surface area (Å²) in [5.74, 6) is -4.21. The number of likely N-dealkylation sites (tertiary alicyclic amines) is 1. The number of alkyl halides is 3. The molecule has 10 nitrogen and oxygen atoms in total. The Hall–Kier alpha value is -2.86. The highest BCUT2D eigenvalue weighted by molar-refractivity contribution is 5.97. The van der Waals surface area contributed by atoms with Crippen molar-refractivity contribution in [2.24, 2.45) is 11.7 Å². The third-order valence-electron chi connectivity index (χ3n) is 6.71. The van der Waals surface area contributed by atoms with E-state index >= 15 is 0 Å². The topological polar surface area (TPSA) is 151 Å².